The second-order valence-corrected chi connectivity index (χ2v) is 26.8. The van der Waals surface area contributed by atoms with E-state index >= 15 is 0 Å². The van der Waals surface area contributed by atoms with Gasteiger partial charge in [-0.15, -0.1) is 0 Å². The fraction of sp³-hybridized carbons (Fsp3) is 0.719. The second-order valence-electron chi connectivity index (χ2n) is 15.9. The van der Waals surface area contributed by atoms with E-state index in [0.29, 0.717) is 12.2 Å². The number of hydrogen-bond donors (Lipinski definition) is 1. The molecule has 16 heteroatoms. The lowest BCUT2D eigenvalue weighted by atomic mass is 9.89. The van der Waals surface area contributed by atoms with E-state index in [1.807, 2.05) is 33.9 Å². The Kier molecular flexibility index (Phi) is 11.5. The molecular formula is C32H55N3O10SSi2. The zero-order valence-electron chi connectivity index (χ0n) is 30.8. The Balaban J connectivity index is 2.19. The molecule has 2 aliphatic heterocycles. The third kappa shape index (κ3) is 8.16. The summed E-state index contributed by atoms with van der Waals surface area (Å²) in [6, 6.07) is 0. The number of nitrogens with zero attached hydrogens (tertiary/aromatic N) is 2. The summed E-state index contributed by atoms with van der Waals surface area (Å²) in [6.07, 6.45) is -0.470. The molecule has 1 saturated heterocycles. The van der Waals surface area contributed by atoms with E-state index in [2.05, 4.69) is 33.9 Å². The first kappa shape index (κ1) is 40.1. The molecule has 2 unspecified atom stereocenters. The molecule has 2 aliphatic rings. The molecule has 0 saturated carbocycles. The Bertz CT molecular complexity index is 1680. The van der Waals surface area contributed by atoms with E-state index in [1.165, 1.54) is 23.8 Å². The number of allylic oxidation sites excluding steroid dienone is 2. The highest BCUT2D eigenvalue weighted by atomic mass is 32.2. The van der Waals surface area contributed by atoms with Gasteiger partial charge in [0.15, 0.2) is 34.2 Å². The molecular weight excluding hydrogens is 675 g/mol. The molecule has 0 bridgehead atoms. The minimum atomic E-state index is -4.25. The van der Waals surface area contributed by atoms with E-state index in [9.17, 15) is 22.8 Å². The lowest BCUT2D eigenvalue weighted by Crippen LogP contribution is -2.59. The number of rotatable bonds is 12. The van der Waals surface area contributed by atoms with Gasteiger partial charge in [0.05, 0.1) is 30.1 Å². The highest BCUT2D eigenvalue weighted by Crippen LogP contribution is 2.52. The van der Waals surface area contributed by atoms with Gasteiger partial charge < -0.3 is 24.1 Å². The fourth-order valence-electron chi connectivity index (χ4n) is 5.14. The Morgan fingerprint density at radius 2 is 1.65 bits per heavy atom. The van der Waals surface area contributed by atoms with Crippen LogP contribution in [0.4, 0.5) is 0 Å². The summed E-state index contributed by atoms with van der Waals surface area (Å²) in [5.74, 6) is 0.270. The normalized spacial score (nSPS) is 25.1. The average molecular weight is 730 g/mol. The summed E-state index contributed by atoms with van der Waals surface area (Å²) >= 11 is 0. The smallest absolute Gasteiger partial charge is 0.333 e. The number of hydrogen-bond acceptors (Lipinski definition) is 11. The number of ether oxygens (including phenoxy) is 2. The minimum absolute atomic E-state index is 0.0170. The zero-order valence-corrected chi connectivity index (χ0v) is 33.6. The van der Waals surface area contributed by atoms with E-state index in [-0.39, 0.29) is 46.9 Å². The molecule has 0 aliphatic carbocycles. The van der Waals surface area contributed by atoms with Crippen LogP contribution >= 0.6 is 0 Å². The van der Waals surface area contributed by atoms with Gasteiger partial charge in [-0.2, -0.15) is 8.42 Å². The Morgan fingerprint density at radius 3 is 2.15 bits per heavy atom. The van der Waals surface area contributed by atoms with E-state index in [0.717, 1.165) is 9.98 Å². The summed E-state index contributed by atoms with van der Waals surface area (Å²) in [5.41, 5.74) is 3.71. The molecule has 3 rings (SSSR count). The predicted molar refractivity (Wildman–Crippen MR) is 189 cm³/mol. The van der Waals surface area contributed by atoms with Crippen LogP contribution in [0.5, 0.6) is 0 Å². The van der Waals surface area contributed by atoms with Gasteiger partial charge in [-0.05, 0) is 63.5 Å². The van der Waals surface area contributed by atoms with Gasteiger partial charge >= 0.3 is 5.69 Å². The van der Waals surface area contributed by atoms with Crippen LogP contribution in [0, 0.1) is 6.92 Å². The zero-order chi connectivity index (χ0) is 36.8. The Labute approximate surface area is 286 Å². The van der Waals surface area contributed by atoms with Crippen molar-refractivity contribution >= 4 is 32.5 Å². The van der Waals surface area contributed by atoms with Crippen molar-refractivity contribution in [2.45, 2.75) is 136 Å². The third-order valence-corrected chi connectivity index (χ3v) is 20.0. The quantitative estimate of drug-likeness (QED) is 0.106. The third-order valence-electron chi connectivity index (χ3n) is 9.97. The van der Waals surface area contributed by atoms with E-state index < -0.39 is 62.0 Å². The van der Waals surface area contributed by atoms with Gasteiger partial charge in [0.25, 0.3) is 15.7 Å². The van der Waals surface area contributed by atoms with Crippen molar-refractivity contribution < 1.29 is 35.7 Å². The number of ketones is 1. The number of carbonyl (C=O) groups is 1. The lowest BCUT2D eigenvalue weighted by molar-refractivity contribution is -0.112. The minimum Gasteiger partial charge on any atom is -0.498 e. The first-order chi connectivity index (χ1) is 21.7. The number of nitrogens with two attached hydrogens (primary N) is 1. The molecule has 3 heterocycles. The Morgan fingerprint density at radius 1 is 1.06 bits per heavy atom. The highest BCUT2D eigenvalue weighted by Gasteiger charge is 2.67. The SMILES string of the molecule is CC(=O)/C=C(\C)OCCCn1c(=O)c(C)cn([C@@H]2OC(CO[Si](C)(C)C(C)(C)C)C3(OS(=O)(=O)C=C3N)[C@H]2O[Si](C)(C)C(C)(C)C)c1=O. The van der Waals surface area contributed by atoms with Crippen molar-refractivity contribution in [3.63, 3.8) is 0 Å². The van der Waals surface area contributed by atoms with Crippen LogP contribution in [0.2, 0.25) is 36.3 Å². The summed E-state index contributed by atoms with van der Waals surface area (Å²) in [4.78, 5) is 38.8. The topological polar surface area (TPSA) is 167 Å². The van der Waals surface area contributed by atoms with Crippen LogP contribution in [0.1, 0.15) is 73.6 Å². The maximum absolute atomic E-state index is 14.2. The molecule has 1 fully saturated rings. The molecule has 1 aromatic heterocycles. The number of aryl methyl sites for hydroxylation is 1. The van der Waals surface area contributed by atoms with E-state index in [1.54, 1.807) is 13.8 Å². The maximum atomic E-state index is 14.2. The standard InChI is InChI=1S/C32H55N3O10SSi2/c1-21-18-35(29(38)34(27(21)37)15-14-16-41-23(3)17-22(2)36)28-26(44-48(12,13)31(7,8)9)32(24(33)20-46(39,40)45-32)25(43-28)19-42-47(10,11)30(4,5)6/h17-18,20,25-26,28H,14-16,19,33H2,1-13H3/b23-17+/t25?,26-,28+,32?/m0/s1. The van der Waals surface area contributed by atoms with Crippen molar-refractivity contribution in [2.75, 3.05) is 13.2 Å². The molecule has 4 atom stereocenters. The molecule has 48 heavy (non-hydrogen) atoms. The van der Waals surface area contributed by atoms with Crippen LogP contribution < -0.4 is 17.0 Å². The van der Waals surface area contributed by atoms with Crippen LogP contribution in [0.15, 0.2) is 38.7 Å². The monoisotopic (exact) mass is 729 g/mol. The first-order valence-corrected chi connectivity index (χ1v) is 23.5. The number of carbonyl (C=O) groups excluding carboxylic acids is 1. The van der Waals surface area contributed by atoms with E-state index in [4.69, 9.17) is 28.2 Å². The Hall–Kier alpha value is -2.35. The molecule has 272 valence electrons. The molecule has 0 radical (unpaired) electrons. The largest absolute Gasteiger partial charge is 0.498 e. The summed E-state index contributed by atoms with van der Waals surface area (Å²) in [6.45, 7) is 25.2. The molecule has 2 N–H and O–H groups in total. The molecule has 1 aromatic rings. The highest BCUT2D eigenvalue weighted by molar-refractivity contribution is 7.90. The second kappa shape index (κ2) is 13.8. The van der Waals surface area contributed by atoms with Crippen LogP contribution in [0.3, 0.4) is 0 Å². The van der Waals surface area contributed by atoms with Crippen molar-refractivity contribution in [3.8, 4) is 0 Å². The maximum Gasteiger partial charge on any atom is 0.333 e. The number of aromatic nitrogens is 2. The molecule has 1 spiro atoms. The lowest BCUT2D eigenvalue weighted by Gasteiger charge is -2.43. The van der Waals surface area contributed by atoms with Gasteiger partial charge in [-0.1, -0.05) is 41.5 Å². The van der Waals surface area contributed by atoms with Gasteiger partial charge in [0.2, 0.25) is 0 Å². The van der Waals surface area contributed by atoms with Crippen LogP contribution in [-0.4, -0.2) is 71.0 Å². The van der Waals surface area contributed by atoms with Crippen molar-refractivity contribution in [1.82, 2.24) is 9.13 Å². The van der Waals surface area contributed by atoms with Crippen LogP contribution in [-0.2, 0) is 44.0 Å². The van der Waals surface area contributed by atoms with Gasteiger partial charge in [0.1, 0.15) is 12.2 Å². The predicted octanol–water partition coefficient (Wildman–Crippen LogP) is 4.43. The first-order valence-electron chi connectivity index (χ1n) is 16.2. The van der Waals surface area contributed by atoms with Crippen LogP contribution in [0.25, 0.3) is 0 Å². The van der Waals surface area contributed by atoms with Crippen molar-refractivity contribution in [3.05, 3.63) is 55.5 Å². The molecule has 13 nitrogen and oxygen atoms in total. The average Bonchev–Trinajstić information content (AvgIpc) is 3.33. The molecule has 0 amide bonds. The van der Waals surface area contributed by atoms with Crippen molar-refractivity contribution in [2.24, 2.45) is 5.73 Å². The summed E-state index contributed by atoms with van der Waals surface area (Å²) in [7, 11) is -9.39. The van der Waals surface area contributed by atoms with Gasteiger partial charge in [-0.25, -0.2) is 8.98 Å². The molecule has 0 aromatic carbocycles. The summed E-state index contributed by atoms with van der Waals surface area (Å²) in [5, 5.41) is 0.365. The van der Waals surface area contributed by atoms with Gasteiger partial charge in [0, 0.05) is 24.4 Å². The van der Waals surface area contributed by atoms with Crippen molar-refractivity contribution in [1.29, 1.82) is 0 Å². The fourth-order valence-corrected chi connectivity index (χ4v) is 8.64. The van der Waals surface area contributed by atoms with Gasteiger partial charge in [-0.3, -0.25) is 18.7 Å². The summed E-state index contributed by atoms with van der Waals surface area (Å²) < 4.78 is 60.1.